The van der Waals surface area contributed by atoms with E-state index < -0.39 is 0 Å². The molecule has 0 spiro atoms. The molecule has 1 rings (SSSR count). The van der Waals surface area contributed by atoms with E-state index in [0.29, 0.717) is 0 Å². The standard InChI is InChI=1S/C11H24N2O/c1-4-13-7-5-6-10(9-13)8-11(2,3)14-12/h10H,4-9,12H2,1-3H3. The maximum absolute atomic E-state index is 5.28. The van der Waals surface area contributed by atoms with Gasteiger partial charge in [-0.3, -0.25) is 4.84 Å². The van der Waals surface area contributed by atoms with Crippen LogP contribution in [-0.4, -0.2) is 30.1 Å². The van der Waals surface area contributed by atoms with Crippen molar-refractivity contribution in [3.8, 4) is 0 Å². The van der Waals surface area contributed by atoms with Crippen LogP contribution in [0.5, 0.6) is 0 Å². The second kappa shape index (κ2) is 5.10. The van der Waals surface area contributed by atoms with E-state index in [1.807, 2.05) is 0 Å². The number of nitrogens with zero attached hydrogens (tertiary/aromatic N) is 1. The second-order valence-corrected chi connectivity index (χ2v) is 4.98. The highest BCUT2D eigenvalue weighted by Crippen LogP contribution is 2.26. The molecule has 84 valence electrons. The van der Waals surface area contributed by atoms with Gasteiger partial charge in [0.05, 0.1) is 5.60 Å². The van der Waals surface area contributed by atoms with Crippen molar-refractivity contribution < 1.29 is 4.84 Å². The van der Waals surface area contributed by atoms with Crippen LogP contribution in [0.15, 0.2) is 0 Å². The third kappa shape index (κ3) is 3.56. The summed E-state index contributed by atoms with van der Waals surface area (Å²) in [5, 5.41) is 0. The maximum Gasteiger partial charge on any atom is 0.0841 e. The summed E-state index contributed by atoms with van der Waals surface area (Å²) in [4.78, 5) is 7.51. The molecular weight excluding hydrogens is 176 g/mol. The minimum atomic E-state index is -0.165. The molecule has 1 unspecified atom stereocenters. The first-order valence-electron chi connectivity index (χ1n) is 5.67. The lowest BCUT2D eigenvalue weighted by Crippen LogP contribution is -2.39. The van der Waals surface area contributed by atoms with E-state index in [4.69, 9.17) is 10.7 Å². The zero-order valence-corrected chi connectivity index (χ0v) is 9.75. The molecule has 0 radical (unpaired) electrons. The van der Waals surface area contributed by atoms with Gasteiger partial charge in [0.25, 0.3) is 0 Å². The van der Waals surface area contributed by atoms with Crippen LogP contribution >= 0.6 is 0 Å². The largest absolute Gasteiger partial charge is 0.303 e. The predicted molar refractivity (Wildman–Crippen MR) is 58.8 cm³/mol. The molecular formula is C11H24N2O. The smallest absolute Gasteiger partial charge is 0.0841 e. The fraction of sp³-hybridized carbons (Fsp3) is 1.00. The quantitative estimate of drug-likeness (QED) is 0.703. The summed E-state index contributed by atoms with van der Waals surface area (Å²) in [5.74, 6) is 6.03. The molecule has 1 aliphatic heterocycles. The molecule has 1 aliphatic rings. The minimum Gasteiger partial charge on any atom is -0.303 e. The van der Waals surface area contributed by atoms with Gasteiger partial charge in [-0.2, -0.15) is 0 Å². The van der Waals surface area contributed by atoms with Gasteiger partial charge in [0.1, 0.15) is 0 Å². The van der Waals surface area contributed by atoms with Crippen molar-refractivity contribution in [1.29, 1.82) is 0 Å². The summed E-state index contributed by atoms with van der Waals surface area (Å²) in [6, 6.07) is 0. The summed E-state index contributed by atoms with van der Waals surface area (Å²) in [5.41, 5.74) is -0.165. The molecule has 1 heterocycles. The van der Waals surface area contributed by atoms with E-state index in [0.717, 1.165) is 12.3 Å². The Bertz CT molecular complexity index is 171. The lowest BCUT2D eigenvalue weighted by Gasteiger charge is -2.35. The lowest BCUT2D eigenvalue weighted by atomic mass is 9.87. The Morgan fingerprint density at radius 2 is 2.21 bits per heavy atom. The van der Waals surface area contributed by atoms with E-state index in [-0.39, 0.29) is 5.60 Å². The first-order valence-corrected chi connectivity index (χ1v) is 5.67. The average Bonchev–Trinajstić information content (AvgIpc) is 2.17. The monoisotopic (exact) mass is 200 g/mol. The van der Waals surface area contributed by atoms with Gasteiger partial charge in [-0.25, -0.2) is 5.90 Å². The summed E-state index contributed by atoms with van der Waals surface area (Å²) in [7, 11) is 0. The molecule has 1 atom stereocenters. The van der Waals surface area contributed by atoms with Crippen LogP contribution in [0.1, 0.15) is 40.0 Å². The second-order valence-electron chi connectivity index (χ2n) is 4.98. The fourth-order valence-electron chi connectivity index (χ4n) is 2.35. The van der Waals surface area contributed by atoms with Crippen LogP contribution in [0.4, 0.5) is 0 Å². The fourth-order valence-corrected chi connectivity index (χ4v) is 2.35. The number of rotatable bonds is 4. The van der Waals surface area contributed by atoms with Crippen molar-refractivity contribution in [3.63, 3.8) is 0 Å². The Balaban J connectivity index is 2.37. The van der Waals surface area contributed by atoms with Crippen molar-refractivity contribution in [3.05, 3.63) is 0 Å². The van der Waals surface area contributed by atoms with Gasteiger partial charge < -0.3 is 4.90 Å². The van der Waals surface area contributed by atoms with Crippen LogP contribution in [0.25, 0.3) is 0 Å². The minimum absolute atomic E-state index is 0.165. The molecule has 0 aromatic heterocycles. The summed E-state index contributed by atoms with van der Waals surface area (Å²) in [6.45, 7) is 10.0. The number of hydrogen-bond acceptors (Lipinski definition) is 3. The maximum atomic E-state index is 5.28. The van der Waals surface area contributed by atoms with Gasteiger partial charge in [-0.15, -0.1) is 0 Å². The normalized spacial score (nSPS) is 25.3. The van der Waals surface area contributed by atoms with E-state index in [2.05, 4.69) is 25.7 Å². The average molecular weight is 200 g/mol. The Labute approximate surface area is 87.6 Å². The number of likely N-dealkylation sites (tertiary alicyclic amines) is 1. The summed E-state index contributed by atoms with van der Waals surface area (Å²) in [6.07, 6.45) is 3.71. The highest BCUT2D eigenvalue weighted by molar-refractivity contribution is 4.79. The molecule has 0 aromatic rings. The molecule has 0 amide bonds. The predicted octanol–water partition coefficient (Wildman–Crippen LogP) is 1.78. The van der Waals surface area contributed by atoms with Crippen molar-refractivity contribution >= 4 is 0 Å². The van der Waals surface area contributed by atoms with Crippen LogP contribution in [0, 0.1) is 5.92 Å². The topological polar surface area (TPSA) is 38.5 Å². The van der Waals surface area contributed by atoms with Crippen molar-refractivity contribution in [2.45, 2.75) is 45.6 Å². The highest BCUT2D eigenvalue weighted by Gasteiger charge is 2.26. The molecule has 3 heteroatoms. The number of piperidine rings is 1. The van der Waals surface area contributed by atoms with E-state index in [9.17, 15) is 0 Å². The molecule has 1 saturated heterocycles. The number of nitrogens with two attached hydrogens (primary N) is 1. The van der Waals surface area contributed by atoms with Crippen LogP contribution < -0.4 is 5.90 Å². The first-order chi connectivity index (χ1) is 6.57. The van der Waals surface area contributed by atoms with Crippen molar-refractivity contribution in [2.24, 2.45) is 11.8 Å². The molecule has 0 saturated carbocycles. The van der Waals surface area contributed by atoms with Crippen molar-refractivity contribution in [2.75, 3.05) is 19.6 Å². The third-order valence-corrected chi connectivity index (χ3v) is 3.15. The Morgan fingerprint density at radius 1 is 1.50 bits per heavy atom. The SMILES string of the molecule is CCN1CCCC(CC(C)(C)ON)C1. The Kier molecular flexibility index (Phi) is 4.35. The molecule has 0 aliphatic carbocycles. The van der Waals surface area contributed by atoms with Crippen LogP contribution in [-0.2, 0) is 4.84 Å². The van der Waals surface area contributed by atoms with Crippen LogP contribution in [0.3, 0.4) is 0 Å². The third-order valence-electron chi connectivity index (χ3n) is 3.15. The molecule has 1 fully saturated rings. The molecule has 0 bridgehead atoms. The lowest BCUT2D eigenvalue weighted by molar-refractivity contribution is -0.0429. The van der Waals surface area contributed by atoms with Gasteiger partial charge in [0.2, 0.25) is 0 Å². The Morgan fingerprint density at radius 3 is 2.79 bits per heavy atom. The van der Waals surface area contributed by atoms with Gasteiger partial charge in [0, 0.05) is 6.54 Å². The van der Waals surface area contributed by atoms with E-state index in [1.165, 1.54) is 32.5 Å². The molecule has 0 aromatic carbocycles. The molecule has 14 heavy (non-hydrogen) atoms. The first kappa shape index (κ1) is 12.0. The molecule has 3 nitrogen and oxygen atoms in total. The highest BCUT2D eigenvalue weighted by atomic mass is 16.6. The summed E-state index contributed by atoms with van der Waals surface area (Å²) < 4.78 is 0. The number of hydrogen-bond donors (Lipinski definition) is 1. The van der Waals surface area contributed by atoms with Crippen molar-refractivity contribution in [1.82, 2.24) is 4.90 Å². The van der Waals surface area contributed by atoms with E-state index >= 15 is 0 Å². The Hall–Kier alpha value is -0.120. The van der Waals surface area contributed by atoms with Crippen LogP contribution in [0.2, 0.25) is 0 Å². The summed E-state index contributed by atoms with van der Waals surface area (Å²) >= 11 is 0. The van der Waals surface area contributed by atoms with E-state index in [1.54, 1.807) is 0 Å². The molecule has 2 N–H and O–H groups in total. The zero-order chi connectivity index (χ0) is 10.6. The van der Waals surface area contributed by atoms with Gasteiger partial charge in [-0.1, -0.05) is 6.92 Å². The van der Waals surface area contributed by atoms with Gasteiger partial charge in [0.15, 0.2) is 0 Å². The van der Waals surface area contributed by atoms with Gasteiger partial charge in [-0.05, 0) is 52.1 Å². The zero-order valence-electron chi connectivity index (χ0n) is 9.75. The van der Waals surface area contributed by atoms with Gasteiger partial charge >= 0.3 is 0 Å².